The SMILES string of the molecule is CC(c1ccccc1)C(O)C/C=C(/C[Si](C)(C)C)n1nnc2ccccc21. The molecule has 0 saturated heterocycles. The standard InChI is InChI=1S/C22H29N3OSi/c1-17(18-10-6-5-7-11-18)22(26)15-14-19(16-27(2,3)4)25-21-13-9-8-12-20(21)23-24-25/h5-14,17,22,26H,15-16H2,1-4H3/b19-14-. The van der Waals surface area contributed by atoms with Crippen LogP contribution >= 0.6 is 0 Å². The van der Waals surface area contributed by atoms with Gasteiger partial charge >= 0.3 is 0 Å². The fraction of sp³-hybridized carbons (Fsp3) is 0.364. The van der Waals surface area contributed by atoms with Crippen LogP contribution in [0.25, 0.3) is 16.7 Å². The third-order valence-corrected chi connectivity index (χ3v) is 6.26. The fourth-order valence-electron chi connectivity index (χ4n) is 3.30. The summed E-state index contributed by atoms with van der Waals surface area (Å²) in [6, 6.07) is 19.2. The second-order valence-corrected chi connectivity index (χ2v) is 13.9. The second kappa shape index (κ2) is 8.19. The Morgan fingerprint density at radius 3 is 2.44 bits per heavy atom. The molecule has 27 heavy (non-hydrogen) atoms. The number of aromatic nitrogens is 3. The third kappa shape index (κ3) is 4.93. The Labute approximate surface area is 162 Å². The molecular formula is C22H29N3OSi. The Morgan fingerprint density at radius 2 is 1.74 bits per heavy atom. The van der Waals surface area contributed by atoms with Gasteiger partial charge in [-0.15, -0.1) is 5.10 Å². The number of allylic oxidation sites excluding steroid dienone is 1. The van der Waals surface area contributed by atoms with Crippen molar-refractivity contribution in [1.82, 2.24) is 15.0 Å². The van der Waals surface area contributed by atoms with Crippen LogP contribution in [0.15, 0.2) is 60.7 Å². The van der Waals surface area contributed by atoms with Gasteiger partial charge in [0, 0.05) is 11.6 Å². The topological polar surface area (TPSA) is 50.9 Å². The number of hydrogen-bond acceptors (Lipinski definition) is 3. The summed E-state index contributed by atoms with van der Waals surface area (Å²) in [6.07, 6.45) is 2.33. The zero-order valence-electron chi connectivity index (χ0n) is 16.6. The molecule has 1 aromatic heterocycles. The Bertz CT molecular complexity index is 912. The van der Waals surface area contributed by atoms with Crippen LogP contribution in [-0.4, -0.2) is 34.3 Å². The summed E-state index contributed by atoms with van der Waals surface area (Å²) in [4.78, 5) is 0. The Balaban J connectivity index is 1.87. The molecule has 142 valence electrons. The number of nitrogens with zero attached hydrogens (tertiary/aromatic N) is 3. The van der Waals surface area contributed by atoms with Crippen LogP contribution in [0.1, 0.15) is 24.8 Å². The first kappa shape index (κ1) is 19.5. The molecule has 0 bridgehead atoms. The van der Waals surface area contributed by atoms with E-state index < -0.39 is 14.2 Å². The van der Waals surface area contributed by atoms with Crippen LogP contribution in [-0.2, 0) is 0 Å². The lowest BCUT2D eigenvalue weighted by Gasteiger charge is -2.21. The number of aliphatic hydroxyl groups excluding tert-OH is 1. The van der Waals surface area contributed by atoms with Crippen LogP contribution in [0.2, 0.25) is 25.7 Å². The third-order valence-electron chi connectivity index (χ3n) is 4.83. The predicted molar refractivity (Wildman–Crippen MR) is 115 cm³/mol. The fourth-order valence-corrected chi connectivity index (χ4v) is 4.68. The molecule has 0 aliphatic rings. The van der Waals surface area contributed by atoms with Crippen molar-refractivity contribution >= 4 is 24.8 Å². The van der Waals surface area contributed by atoms with Gasteiger partial charge in [0.15, 0.2) is 0 Å². The summed E-state index contributed by atoms with van der Waals surface area (Å²) in [5, 5.41) is 19.5. The van der Waals surface area contributed by atoms with Gasteiger partial charge in [-0.2, -0.15) is 0 Å². The Morgan fingerprint density at radius 1 is 1.07 bits per heavy atom. The maximum atomic E-state index is 10.8. The molecular weight excluding hydrogens is 350 g/mol. The zero-order valence-corrected chi connectivity index (χ0v) is 17.6. The second-order valence-electron chi connectivity index (χ2n) is 8.43. The van der Waals surface area contributed by atoms with Crippen LogP contribution in [0.3, 0.4) is 0 Å². The van der Waals surface area contributed by atoms with Crippen molar-refractivity contribution < 1.29 is 5.11 Å². The maximum absolute atomic E-state index is 10.8. The zero-order chi connectivity index (χ0) is 19.4. The molecule has 0 aliphatic heterocycles. The van der Waals surface area contributed by atoms with E-state index in [4.69, 9.17) is 0 Å². The van der Waals surface area contributed by atoms with Gasteiger partial charge in [0.05, 0.1) is 19.7 Å². The number of para-hydroxylation sites is 1. The number of hydrogen-bond donors (Lipinski definition) is 1. The smallest absolute Gasteiger partial charge is 0.113 e. The highest BCUT2D eigenvalue weighted by Crippen LogP contribution is 2.26. The molecule has 3 rings (SSSR count). The van der Waals surface area contributed by atoms with Crippen LogP contribution < -0.4 is 0 Å². The lowest BCUT2D eigenvalue weighted by Crippen LogP contribution is -2.22. The van der Waals surface area contributed by atoms with E-state index >= 15 is 0 Å². The summed E-state index contributed by atoms with van der Waals surface area (Å²) < 4.78 is 1.95. The highest BCUT2D eigenvalue weighted by molar-refractivity contribution is 6.77. The van der Waals surface area contributed by atoms with Gasteiger partial charge in [-0.3, -0.25) is 0 Å². The van der Waals surface area contributed by atoms with Gasteiger partial charge in [-0.25, -0.2) is 4.68 Å². The monoisotopic (exact) mass is 379 g/mol. The molecule has 0 fully saturated rings. The highest BCUT2D eigenvalue weighted by atomic mass is 28.3. The van der Waals surface area contributed by atoms with Gasteiger partial charge in [0.1, 0.15) is 5.52 Å². The van der Waals surface area contributed by atoms with Gasteiger partial charge in [0.25, 0.3) is 0 Å². The van der Waals surface area contributed by atoms with E-state index in [1.54, 1.807) is 0 Å². The van der Waals surface area contributed by atoms with Crippen LogP contribution in [0, 0.1) is 0 Å². The van der Waals surface area contributed by atoms with Crippen molar-refractivity contribution in [3.8, 4) is 0 Å². The molecule has 0 aliphatic carbocycles. The molecule has 4 nitrogen and oxygen atoms in total. The largest absolute Gasteiger partial charge is 0.392 e. The van der Waals surface area contributed by atoms with E-state index in [1.807, 2.05) is 41.1 Å². The van der Waals surface area contributed by atoms with E-state index in [2.05, 4.69) is 61.2 Å². The van der Waals surface area contributed by atoms with E-state index in [1.165, 1.54) is 0 Å². The summed E-state index contributed by atoms with van der Waals surface area (Å²) in [5.41, 5.74) is 4.23. The minimum absolute atomic E-state index is 0.0862. The average Bonchev–Trinajstić information content (AvgIpc) is 3.08. The summed E-state index contributed by atoms with van der Waals surface area (Å²) in [7, 11) is -1.37. The normalized spacial score (nSPS) is 15.1. The molecule has 0 saturated carbocycles. The molecule has 5 heteroatoms. The molecule has 0 amide bonds. The van der Waals surface area contributed by atoms with Gasteiger partial charge in [-0.1, -0.05) is 80.3 Å². The minimum Gasteiger partial charge on any atom is -0.392 e. The number of aliphatic hydroxyl groups is 1. The molecule has 2 unspecified atom stereocenters. The first-order chi connectivity index (χ1) is 12.8. The van der Waals surface area contributed by atoms with E-state index in [-0.39, 0.29) is 5.92 Å². The molecule has 1 heterocycles. The summed E-state index contributed by atoms with van der Waals surface area (Å²) >= 11 is 0. The summed E-state index contributed by atoms with van der Waals surface area (Å²) in [6.45, 7) is 9.13. The van der Waals surface area contributed by atoms with Crippen LogP contribution in [0.4, 0.5) is 0 Å². The van der Waals surface area contributed by atoms with Gasteiger partial charge in [0.2, 0.25) is 0 Å². The quantitative estimate of drug-likeness (QED) is 0.577. The lowest BCUT2D eigenvalue weighted by molar-refractivity contribution is 0.152. The summed E-state index contributed by atoms with van der Waals surface area (Å²) in [5.74, 6) is 0.0862. The van der Waals surface area contributed by atoms with Crippen molar-refractivity contribution in [1.29, 1.82) is 0 Å². The minimum atomic E-state index is -1.37. The van der Waals surface area contributed by atoms with Crippen molar-refractivity contribution in [2.24, 2.45) is 0 Å². The first-order valence-electron chi connectivity index (χ1n) is 9.58. The predicted octanol–water partition coefficient (Wildman–Crippen LogP) is 5.17. The van der Waals surface area contributed by atoms with Gasteiger partial charge in [-0.05, 0) is 30.2 Å². The Kier molecular flexibility index (Phi) is 5.92. The van der Waals surface area contributed by atoms with Crippen LogP contribution in [0.5, 0.6) is 0 Å². The maximum Gasteiger partial charge on any atom is 0.113 e. The van der Waals surface area contributed by atoms with Crippen molar-refractivity contribution in [2.75, 3.05) is 0 Å². The molecule has 3 aromatic rings. The number of benzene rings is 2. The molecule has 0 spiro atoms. The van der Waals surface area contributed by atoms with Crippen molar-refractivity contribution in [3.05, 3.63) is 66.2 Å². The highest BCUT2D eigenvalue weighted by Gasteiger charge is 2.20. The van der Waals surface area contributed by atoms with E-state index in [9.17, 15) is 5.11 Å². The molecule has 2 atom stereocenters. The van der Waals surface area contributed by atoms with Crippen molar-refractivity contribution in [3.63, 3.8) is 0 Å². The van der Waals surface area contributed by atoms with E-state index in [0.29, 0.717) is 6.42 Å². The lowest BCUT2D eigenvalue weighted by atomic mass is 9.93. The first-order valence-corrected chi connectivity index (χ1v) is 13.3. The van der Waals surface area contributed by atoms with Gasteiger partial charge < -0.3 is 5.11 Å². The number of fused-ring (bicyclic) bond motifs is 1. The Hall–Kier alpha value is -2.24. The molecule has 1 N–H and O–H groups in total. The van der Waals surface area contributed by atoms with Crippen molar-refractivity contribution in [2.45, 2.75) is 51.1 Å². The van der Waals surface area contributed by atoms with E-state index in [0.717, 1.165) is 28.3 Å². The molecule has 2 aromatic carbocycles. The number of rotatable bonds is 7. The average molecular weight is 380 g/mol. The molecule has 0 radical (unpaired) electrons.